The Morgan fingerprint density at radius 3 is 1.80 bits per heavy atom. The molecule has 0 aliphatic carbocycles. The Morgan fingerprint density at radius 1 is 0.773 bits per heavy atom. The molecule has 44 heavy (non-hydrogen) atoms. The summed E-state index contributed by atoms with van der Waals surface area (Å²) < 4.78 is 4.93. The van der Waals surface area contributed by atoms with Crippen molar-refractivity contribution in [3.8, 4) is 12.1 Å². The van der Waals surface area contributed by atoms with E-state index in [0.29, 0.717) is 47.6 Å². The highest BCUT2D eigenvalue weighted by Crippen LogP contribution is 2.18. The van der Waals surface area contributed by atoms with Gasteiger partial charge in [-0.15, -0.1) is 0 Å². The van der Waals surface area contributed by atoms with Crippen molar-refractivity contribution in [1.29, 1.82) is 10.5 Å². The van der Waals surface area contributed by atoms with Crippen LogP contribution in [0, 0.1) is 22.7 Å². The molecular formula is C32H34N8O4. The molecule has 2 aromatic carbocycles. The van der Waals surface area contributed by atoms with Crippen LogP contribution in [0.25, 0.3) is 0 Å². The molecule has 0 aliphatic heterocycles. The van der Waals surface area contributed by atoms with Gasteiger partial charge in [0, 0.05) is 45.4 Å². The Balaban J connectivity index is 1.74. The van der Waals surface area contributed by atoms with E-state index >= 15 is 0 Å². The van der Waals surface area contributed by atoms with E-state index in [9.17, 15) is 29.7 Å². The third-order valence-electron chi connectivity index (χ3n) is 7.70. The van der Waals surface area contributed by atoms with E-state index in [1.54, 1.807) is 48.5 Å². The van der Waals surface area contributed by atoms with Crippen molar-refractivity contribution >= 4 is 11.6 Å². The number of hydrogen-bond acceptors (Lipinski definition) is 8. The molecule has 1 unspecified atom stereocenters. The van der Waals surface area contributed by atoms with Gasteiger partial charge >= 0.3 is 11.4 Å². The fourth-order valence-electron chi connectivity index (χ4n) is 5.02. The van der Waals surface area contributed by atoms with E-state index in [4.69, 9.17) is 0 Å². The summed E-state index contributed by atoms with van der Waals surface area (Å²) in [6, 6.07) is 20.7. The zero-order chi connectivity index (χ0) is 32.0. The van der Waals surface area contributed by atoms with Crippen LogP contribution in [0.3, 0.4) is 0 Å². The molecule has 0 amide bonds. The van der Waals surface area contributed by atoms with Crippen LogP contribution in [-0.4, -0.2) is 37.4 Å². The second-order valence-electron chi connectivity index (χ2n) is 10.4. The average Bonchev–Trinajstić information content (AvgIpc) is 3.04. The molecule has 0 radical (unpaired) electrons. The molecule has 4 aromatic rings. The van der Waals surface area contributed by atoms with Gasteiger partial charge in [-0.05, 0) is 36.6 Å². The molecule has 226 valence electrons. The van der Waals surface area contributed by atoms with Crippen molar-refractivity contribution in [2.24, 2.45) is 14.1 Å². The van der Waals surface area contributed by atoms with Gasteiger partial charge in [-0.1, -0.05) is 43.3 Å². The van der Waals surface area contributed by atoms with Crippen molar-refractivity contribution in [2.45, 2.75) is 39.4 Å². The van der Waals surface area contributed by atoms with E-state index in [2.05, 4.69) is 17.5 Å². The maximum absolute atomic E-state index is 13.4. The van der Waals surface area contributed by atoms with Crippen LogP contribution < -0.4 is 32.7 Å². The van der Waals surface area contributed by atoms with Crippen LogP contribution in [0.1, 0.15) is 42.5 Å². The van der Waals surface area contributed by atoms with Crippen LogP contribution in [0.4, 0.5) is 11.6 Å². The summed E-state index contributed by atoms with van der Waals surface area (Å²) in [6.45, 7) is 4.75. The Morgan fingerprint density at radius 2 is 1.27 bits per heavy atom. The number of nitrogens with zero attached hydrogens (tertiary/aromatic N) is 7. The molecule has 12 nitrogen and oxygen atoms in total. The maximum atomic E-state index is 13.4. The number of hydrogen-bond donors (Lipinski definition) is 1. The molecule has 2 aromatic heterocycles. The van der Waals surface area contributed by atoms with Crippen LogP contribution in [0.2, 0.25) is 0 Å². The Kier molecular flexibility index (Phi) is 9.66. The van der Waals surface area contributed by atoms with Crippen molar-refractivity contribution in [1.82, 2.24) is 18.3 Å². The minimum absolute atomic E-state index is 0.0690. The molecule has 0 aliphatic rings. The van der Waals surface area contributed by atoms with Gasteiger partial charge in [-0.3, -0.25) is 27.9 Å². The summed E-state index contributed by atoms with van der Waals surface area (Å²) in [5.41, 5.74) is 0.112. The summed E-state index contributed by atoms with van der Waals surface area (Å²) in [4.78, 5) is 54.0. The summed E-state index contributed by atoms with van der Waals surface area (Å²) in [6.07, 6.45) is 0.570. The molecular weight excluding hydrogens is 560 g/mol. The van der Waals surface area contributed by atoms with Gasteiger partial charge in [-0.2, -0.15) is 10.5 Å². The Labute approximate surface area is 253 Å². The van der Waals surface area contributed by atoms with E-state index < -0.39 is 22.5 Å². The highest BCUT2D eigenvalue weighted by molar-refractivity contribution is 5.44. The monoisotopic (exact) mass is 594 g/mol. The molecule has 0 saturated heterocycles. The van der Waals surface area contributed by atoms with Crippen LogP contribution in [0.5, 0.6) is 0 Å². The minimum atomic E-state index is -0.536. The van der Waals surface area contributed by atoms with Crippen molar-refractivity contribution in [2.75, 3.05) is 23.3 Å². The van der Waals surface area contributed by atoms with Gasteiger partial charge in [0.15, 0.2) is 0 Å². The molecule has 4 rings (SSSR count). The van der Waals surface area contributed by atoms with Gasteiger partial charge in [0.1, 0.15) is 11.6 Å². The molecule has 0 saturated carbocycles. The largest absolute Gasteiger partial charge is 0.367 e. The minimum Gasteiger partial charge on any atom is -0.367 e. The lowest BCUT2D eigenvalue weighted by atomic mass is 10.1. The first-order chi connectivity index (χ1) is 21.1. The summed E-state index contributed by atoms with van der Waals surface area (Å²) in [5.74, 6) is 0.677. The summed E-state index contributed by atoms with van der Waals surface area (Å²) in [7, 11) is 2.81. The average molecular weight is 595 g/mol. The number of likely N-dealkylation sites (N-methyl/N-ethyl adjacent to an activating group) is 1. The predicted octanol–water partition coefficient (Wildman–Crippen LogP) is 1.96. The lowest BCUT2D eigenvalue weighted by molar-refractivity contribution is 0.590. The van der Waals surface area contributed by atoms with Gasteiger partial charge in [0.05, 0.1) is 36.4 Å². The lowest BCUT2D eigenvalue weighted by Gasteiger charge is -2.31. The van der Waals surface area contributed by atoms with E-state index in [-0.39, 0.29) is 24.9 Å². The third-order valence-corrected chi connectivity index (χ3v) is 7.70. The number of benzene rings is 2. The topological polar surface area (TPSA) is 151 Å². The van der Waals surface area contributed by atoms with Gasteiger partial charge in [0.25, 0.3) is 11.1 Å². The summed E-state index contributed by atoms with van der Waals surface area (Å²) >= 11 is 0. The lowest BCUT2D eigenvalue weighted by Crippen LogP contribution is -2.45. The quantitative estimate of drug-likeness (QED) is 0.277. The van der Waals surface area contributed by atoms with Gasteiger partial charge < -0.3 is 10.2 Å². The first kappa shape index (κ1) is 31.3. The molecule has 0 fully saturated rings. The fourth-order valence-corrected chi connectivity index (χ4v) is 5.02. The van der Waals surface area contributed by atoms with Crippen LogP contribution in [-0.2, 0) is 27.2 Å². The van der Waals surface area contributed by atoms with Crippen molar-refractivity contribution in [3.63, 3.8) is 0 Å². The number of nitriles is 2. The second-order valence-corrected chi connectivity index (χ2v) is 10.4. The van der Waals surface area contributed by atoms with Crippen LogP contribution >= 0.6 is 0 Å². The Bertz CT molecular complexity index is 2010. The normalized spacial score (nSPS) is 11.4. The number of nitrogens with one attached hydrogen (secondary N) is 1. The van der Waals surface area contributed by atoms with E-state index in [1.165, 1.54) is 35.4 Å². The molecule has 2 heterocycles. The molecule has 0 bridgehead atoms. The van der Waals surface area contributed by atoms with Crippen LogP contribution in [0.15, 0.2) is 79.8 Å². The molecule has 0 spiro atoms. The highest BCUT2D eigenvalue weighted by atomic mass is 16.2. The fraction of sp³-hybridized carbons (Fsp3) is 0.312. The first-order valence-electron chi connectivity index (χ1n) is 14.2. The standard InChI is InChI=1S/C32H34N8O4/c1-5-26(35-27-15-29(41)36(3)31(43)39(27)19-24-13-9-7-11-22(24)17-33)21-38(6-2)28-16-30(42)37(4)32(44)40(28)20-25-14-10-8-12-23(25)18-34/h7-16,26,35H,5-6,19-21H2,1-4H3. The van der Waals surface area contributed by atoms with Gasteiger partial charge in [-0.25, -0.2) is 9.59 Å². The van der Waals surface area contributed by atoms with Crippen molar-refractivity contribution in [3.05, 3.63) is 125 Å². The van der Waals surface area contributed by atoms with E-state index in [1.807, 2.05) is 18.7 Å². The Hall–Kier alpha value is -5.62. The highest BCUT2D eigenvalue weighted by Gasteiger charge is 2.21. The molecule has 1 atom stereocenters. The number of aromatic nitrogens is 4. The third kappa shape index (κ3) is 6.40. The van der Waals surface area contributed by atoms with E-state index in [0.717, 1.165) is 9.13 Å². The summed E-state index contributed by atoms with van der Waals surface area (Å²) in [5, 5.41) is 22.5. The second kappa shape index (κ2) is 13.6. The number of anilines is 2. The molecule has 12 heteroatoms. The SMILES string of the molecule is CCC(CN(CC)c1cc(=O)n(C)c(=O)n1Cc1ccccc1C#N)Nc1cc(=O)n(C)c(=O)n1Cc1ccccc1C#N. The smallest absolute Gasteiger partial charge is 0.332 e. The maximum Gasteiger partial charge on any atom is 0.332 e. The zero-order valence-electron chi connectivity index (χ0n) is 25.1. The molecule has 1 N–H and O–H groups in total. The van der Waals surface area contributed by atoms with Gasteiger partial charge in [0.2, 0.25) is 0 Å². The predicted molar refractivity (Wildman–Crippen MR) is 168 cm³/mol. The first-order valence-corrected chi connectivity index (χ1v) is 14.2. The zero-order valence-corrected chi connectivity index (χ0v) is 25.1. The number of rotatable bonds is 11. The van der Waals surface area contributed by atoms with Crippen molar-refractivity contribution < 1.29 is 0 Å².